The van der Waals surface area contributed by atoms with E-state index >= 15 is 0 Å². The van der Waals surface area contributed by atoms with Crippen molar-refractivity contribution in [3.63, 3.8) is 0 Å². The van der Waals surface area contributed by atoms with Crippen molar-refractivity contribution in [2.24, 2.45) is 0 Å². The van der Waals surface area contributed by atoms with Gasteiger partial charge in [0, 0.05) is 35.3 Å². The number of aromatic nitrogens is 4. The van der Waals surface area contributed by atoms with E-state index in [2.05, 4.69) is 26.0 Å². The third kappa shape index (κ3) is 4.85. The highest BCUT2D eigenvalue weighted by Crippen LogP contribution is 2.34. The van der Waals surface area contributed by atoms with Crippen LogP contribution in [0.3, 0.4) is 0 Å². The molecule has 0 fully saturated rings. The minimum atomic E-state index is 0.352. The first-order chi connectivity index (χ1) is 18.4. The second kappa shape index (κ2) is 9.92. The van der Waals surface area contributed by atoms with E-state index in [0.29, 0.717) is 23.7 Å². The molecule has 0 radical (unpaired) electrons. The van der Waals surface area contributed by atoms with Crippen molar-refractivity contribution in [3.05, 3.63) is 83.1 Å². The van der Waals surface area contributed by atoms with Gasteiger partial charge in [-0.1, -0.05) is 29.5 Å². The second-order valence-corrected chi connectivity index (χ2v) is 10.5. The Hall–Kier alpha value is -4.21. The number of benzene rings is 2. The molecule has 192 valence electrons. The van der Waals surface area contributed by atoms with Crippen LogP contribution in [0.25, 0.3) is 38.6 Å². The molecule has 38 heavy (non-hydrogen) atoms. The Labute approximate surface area is 224 Å². The van der Waals surface area contributed by atoms with Gasteiger partial charge in [-0.2, -0.15) is 5.10 Å². The van der Waals surface area contributed by atoms with Gasteiger partial charge in [0.15, 0.2) is 5.76 Å². The quantitative estimate of drug-likeness (QED) is 0.233. The van der Waals surface area contributed by atoms with Gasteiger partial charge in [0.25, 0.3) is 0 Å². The molecule has 0 N–H and O–H groups in total. The first kappa shape index (κ1) is 24.1. The summed E-state index contributed by atoms with van der Waals surface area (Å²) in [5.74, 6) is 2.14. The molecule has 6 rings (SSSR count). The van der Waals surface area contributed by atoms with Crippen molar-refractivity contribution < 1.29 is 13.9 Å². The third-order valence-corrected chi connectivity index (χ3v) is 7.01. The van der Waals surface area contributed by atoms with E-state index in [4.69, 9.17) is 13.9 Å². The lowest BCUT2D eigenvalue weighted by Crippen LogP contribution is -2.10. The van der Waals surface area contributed by atoms with E-state index in [9.17, 15) is 0 Å². The van der Waals surface area contributed by atoms with Crippen LogP contribution in [0, 0.1) is 6.92 Å². The van der Waals surface area contributed by atoms with Crippen molar-refractivity contribution in [3.8, 4) is 34.2 Å². The normalized spacial score (nSPS) is 11.6. The summed E-state index contributed by atoms with van der Waals surface area (Å²) in [6.07, 6.45) is 3.81. The van der Waals surface area contributed by atoms with Crippen LogP contribution < -0.4 is 9.47 Å². The first-order valence-corrected chi connectivity index (χ1v) is 13.0. The molecule has 4 aromatic heterocycles. The molecule has 4 heterocycles. The summed E-state index contributed by atoms with van der Waals surface area (Å²) in [7, 11) is 5.74. The number of ether oxygens (including phenoxy) is 2. The Balaban J connectivity index is 1.26. The summed E-state index contributed by atoms with van der Waals surface area (Å²) < 4.78 is 19.7. The molecular weight excluding hydrogens is 498 g/mol. The fraction of sp³-hybridized carbons (Fsp3) is 0.207. The van der Waals surface area contributed by atoms with E-state index < -0.39 is 0 Å². The minimum absolute atomic E-state index is 0.352. The molecule has 0 unspecified atom stereocenters. The number of aryl methyl sites for hydroxylation is 1. The van der Waals surface area contributed by atoms with Gasteiger partial charge in [0.2, 0.25) is 4.96 Å². The highest BCUT2D eigenvalue weighted by atomic mass is 32.1. The van der Waals surface area contributed by atoms with Crippen LogP contribution in [0.2, 0.25) is 0 Å². The number of methoxy groups -OCH3 is 1. The first-order valence-electron chi connectivity index (χ1n) is 12.2. The molecule has 0 spiro atoms. The molecule has 2 aromatic carbocycles. The predicted molar refractivity (Wildman–Crippen MR) is 149 cm³/mol. The van der Waals surface area contributed by atoms with Gasteiger partial charge < -0.3 is 18.8 Å². The van der Waals surface area contributed by atoms with Gasteiger partial charge >= 0.3 is 0 Å². The molecule has 0 aliphatic heterocycles. The largest absolute Gasteiger partial charge is 0.497 e. The zero-order valence-corrected chi connectivity index (χ0v) is 22.5. The molecule has 0 amide bonds. The number of hydrogen-bond donors (Lipinski definition) is 0. The van der Waals surface area contributed by atoms with E-state index in [1.54, 1.807) is 23.0 Å². The topological polar surface area (TPSA) is 77.9 Å². The molecule has 9 heteroatoms. The highest BCUT2D eigenvalue weighted by Gasteiger charge is 2.16. The lowest BCUT2D eigenvalue weighted by Gasteiger charge is -2.11. The summed E-state index contributed by atoms with van der Waals surface area (Å²) in [6, 6.07) is 18.0. The monoisotopic (exact) mass is 525 g/mol. The third-order valence-electron chi connectivity index (χ3n) is 6.18. The Bertz CT molecular complexity index is 1700. The lowest BCUT2D eigenvalue weighted by molar-refractivity contribution is 0.307. The van der Waals surface area contributed by atoms with Gasteiger partial charge in [-0.05, 0) is 56.9 Å². The standard InChI is InChI=1S/C29H27N5O3S/c1-18-32-34-16-26(31-29(34)38-18)28-13-24-21(11-23(35-4)12-27(24)37-28)17-36-22-7-5-6-20(10-22)25-9-8-19(14-30-25)15-33(2)3/h5-14,16H,15,17H2,1-4H3. The molecule has 6 aromatic rings. The molecular formula is C29H27N5O3S. The Morgan fingerprint density at radius 1 is 1.03 bits per heavy atom. The molecule has 0 bridgehead atoms. The maximum absolute atomic E-state index is 6.24. The van der Waals surface area contributed by atoms with Crippen LogP contribution in [0.1, 0.15) is 16.1 Å². The summed E-state index contributed by atoms with van der Waals surface area (Å²) in [4.78, 5) is 12.3. The van der Waals surface area contributed by atoms with Crippen molar-refractivity contribution in [1.82, 2.24) is 24.5 Å². The van der Waals surface area contributed by atoms with Gasteiger partial charge in [0.05, 0.1) is 19.0 Å². The summed E-state index contributed by atoms with van der Waals surface area (Å²) in [5, 5.41) is 6.37. The van der Waals surface area contributed by atoms with Crippen LogP contribution in [0.15, 0.2) is 71.4 Å². The van der Waals surface area contributed by atoms with Crippen LogP contribution in [0.5, 0.6) is 11.5 Å². The van der Waals surface area contributed by atoms with Crippen LogP contribution in [-0.4, -0.2) is 45.7 Å². The predicted octanol–water partition coefficient (Wildman–Crippen LogP) is 6.22. The van der Waals surface area contributed by atoms with Gasteiger partial charge in [-0.3, -0.25) is 4.98 Å². The van der Waals surface area contributed by atoms with Gasteiger partial charge in [-0.15, -0.1) is 0 Å². The number of pyridine rings is 1. The second-order valence-electron chi connectivity index (χ2n) is 9.39. The number of hydrogen-bond acceptors (Lipinski definition) is 8. The van der Waals surface area contributed by atoms with E-state index in [1.807, 2.05) is 81.9 Å². The Kier molecular flexibility index (Phi) is 6.30. The summed E-state index contributed by atoms with van der Waals surface area (Å²) >= 11 is 1.54. The average Bonchev–Trinajstić information content (AvgIpc) is 3.60. The van der Waals surface area contributed by atoms with Gasteiger partial charge in [0.1, 0.15) is 34.4 Å². The van der Waals surface area contributed by atoms with Gasteiger partial charge in [-0.25, -0.2) is 9.50 Å². The van der Waals surface area contributed by atoms with E-state index in [0.717, 1.165) is 50.2 Å². The fourth-order valence-electron chi connectivity index (χ4n) is 4.43. The van der Waals surface area contributed by atoms with Crippen molar-refractivity contribution in [1.29, 1.82) is 0 Å². The number of imidazole rings is 1. The minimum Gasteiger partial charge on any atom is -0.497 e. The van der Waals surface area contributed by atoms with E-state index in [1.165, 1.54) is 5.56 Å². The molecule has 8 nitrogen and oxygen atoms in total. The molecule has 0 aliphatic carbocycles. The van der Waals surface area contributed by atoms with E-state index in [-0.39, 0.29) is 0 Å². The number of rotatable bonds is 8. The fourth-order valence-corrected chi connectivity index (χ4v) is 5.15. The SMILES string of the molecule is COc1cc(COc2cccc(-c3ccc(CN(C)C)cn3)c2)c2cc(-c3cn4nc(C)sc4n3)oc2c1. The smallest absolute Gasteiger partial charge is 0.212 e. The average molecular weight is 526 g/mol. The lowest BCUT2D eigenvalue weighted by atomic mass is 10.1. The van der Waals surface area contributed by atoms with Crippen molar-refractivity contribution in [2.75, 3.05) is 21.2 Å². The number of fused-ring (bicyclic) bond motifs is 2. The molecule has 0 atom stereocenters. The maximum Gasteiger partial charge on any atom is 0.212 e. The molecule has 0 saturated carbocycles. The van der Waals surface area contributed by atoms with Crippen molar-refractivity contribution in [2.45, 2.75) is 20.1 Å². The van der Waals surface area contributed by atoms with Crippen LogP contribution >= 0.6 is 11.3 Å². The summed E-state index contributed by atoms with van der Waals surface area (Å²) in [6.45, 7) is 3.17. The van der Waals surface area contributed by atoms with Crippen molar-refractivity contribution >= 4 is 27.3 Å². The highest BCUT2D eigenvalue weighted by molar-refractivity contribution is 7.16. The maximum atomic E-state index is 6.24. The molecule has 0 saturated heterocycles. The Morgan fingerprint density at radius 3 is 2.68 bits per heavy atom. The zero-order valence-electron chi connectivity index (χ0n) is 21.6. The van der Waals surface area contributed by atoms with Crippen LogP contribution in [-0.2, 0) is 13.2 Å². The molecule has 0 aliphatic rings. The summed E-state index contributed by atoms with van der Waals surface area (Å²) in [5.41, 5.74) is 5.50. The Morgan fingerprint density at radius 2 is 1.92 bits per heavy atom. The van der Waals surface area contributed by atoms with Crippen LogP contribution in [0.4, 0.5) is 0 Å². The zero-order chi connectivity index (χ0) is 26.2. The number of nitrogens with zero attached hydrogens (tertiary/aromatic N) is 5. The number of furan rings is 1.